The van der Waals surface area contributed by atoms with E-state index in [4.69, 9.17) is 29.2 Å². The van der Waals surface area contributed by atoms with Gasteiger partial charge in [-0.05, 0) is 31.5 Å². The van der Waals surface area contributed by atoms with E-state index < -0.39 is 12.1 Å². The van der Waals surface area contributed by atoms with E-state index in [1.807, 2.05) is 58.7 Å². The lowest BCUT2D eigenvalue weighted by Gasteiger charge is -2.15. The van der Waals surface area contributed by atoms with Gasteiger partial charge in [-0.25, -0.2) is 4.79 Å². The summed E-state index contributed by atoms with van der Waals surface area (Å²) >= 11 is 0. The molecule has 1 rings (SSSR count). The minimum absolute atomic E-state index is 0.237. The Labute approximate surface area is 184 Å². The number of carboxylic acid groups (broad SMARTS) is 1. The lowest BCUT2D eigenvalue weighted by atomic mass is 10.2. The number of carbonyl (C=O) groups is 2. The first-order valence-electron chi connectivity index (χ1n) is 9.89. The van der Waals surface area contributed by atoms with Crippen molar-refractivity contribution in [2.24, 2.45) is 0 Å². The van der Waals surface area contributed by atoms with Gasteiger partial charge >= 0.3 is 5.97 Å². The second-order valence-corrected chi connectivity index (χ2v) is 6.80. The van der Waals surface area contributed by atoms with Crippen molar-refractivity contribution in [1.82, 2.24) is 5.32 Å². The summed E-state index contributed by atoms with van der Waals surface area (Å²) in [4.78, 5) is 17.4. The average molecular weight is 444 g/mol. The van der Waals surface area contributed by atoms with Crippen LogP contribution in [-0.2, 0) is 25.7 Å². The van der Waals surface area contributed by atoms with Gasteiger partial charge < -0.3 is 39.6 Å². The van der Waals surface area contributed by atoms with Crippen molar-refractivity contribution in [1.29, 1.82) is 0 Å². The smallest absolute Gasteiger partial charge is 0.331 e. The highest BCUT2D eigenvalue weighted by Crippen LogP contribution is 2.13. The Kier molecular flexibility index (Phi) is 20.6. The van der Waals surface area contributed by atoms with Gasteiger partial charge in [0.1, 0.15) is 25.2 Å². The van der Waals surface area contributed by atoms with Crippen LogP contribution in [0.4, 0.5) is 0 Å². The Morgan fingerprint density at radius 2 is 1.74 bits per heavy atom. The minimum Gasteiger partial charge on any atom is -0.515 e. The molecule has 1 unspecified atom stereocenters. The van der Waals surface area contributed by atoms with E-state index in [1.165, 1.54) is 0 Å². The Bertz CT molecular complexity index is 575. The molecule has 0 aliphatic carbocycles. The van der Waals surface area contributed by atoms with E-state index in [-0.39, 0.29) is 12.7 Å². The third-order valence-electron chi connectivity index (χ3n) is 3.29. The van der Waals surface area contributed by atoms with Crippen molar-refractivity contribution in [2.75, 3.05) is 26.4 Å². The van der Waals surface area contributed by atoms with Gasteiger partial charge in [0.25, 0.3) is 0 Å². The van der Waals surface area contributed by atoms with Crippen LogP contribution in [0.1, 0.15) is 33.3 Å². The summed E-state index contributed by atoms with van der Waals surface area (Å²) in [5.74, 6) is -0.391. The highest BCUT2D eigenvalue weighted by Gasteiger charge is 2.06. The molecule has 9 heteroatoms. The van der Waals surface area contributed by atoms with Crippen molar-refractivity contribution < 1.29 is 39.1 Å². The normalized spacial score (nSPS) is 11.5. The van der Waals surface area contributed by atoms with Crippen LogP contribution in [0.25, 0.3) is 0 Å². The molecule has 0 aromatic heterocycles. The second kappa shape index (κ2) is 20.8. The van der Waals surface area contributed by atoms with Gasteiger partial charge in [0.15, 0.2) is 0 Å². The molecule has 0 aliphatic heterocycles. The monoisotopic (exact) mass is 443 g/mol. The molecule has 31 heavy (non-hydrogen) atoms. The molecule has 0 spiro atoms. The van der Waals surface area contributed by atoms with E-state index in [9.17, 15) is 9.90 Å². The zero-order valence-electron chi connectivity index (χ0n) is 18.8. The van der Waals surface area contributed by atoms with Crippen LogP contribution in [0.5, 0.6) is 5.75 Å². The van der Waals surface area contributed by atoms with Crippen molar-refractivity contribution >= 4 is 12.8 Å². The van der Waals surface area contributed by atoms with Gasteiger partial charge in [-0.1, -0.05) is 26.0 Å². The first kappa shape index (κ1) is 30.7. The molecule has 178 valence electrons. The zero-order chi connectivity index (χ0) is 24.1. The van der Waals surface area contributed by atoms with E-state index in [0.29, 0.717) is 44.7 Å². The van der Waals surface area contributed by atoms with Crippen LogP contribution < -0.4 is 10.1 Å². The molecule has 1 atom stereocenters. The fourth-order valence-corrected chi connectivity index (χ4v) is 1.90. The van der Waals surface area contributed by atoms with Crippen molar-refractivity contribution in [3.05, 3.63) is 42.2 Å². The Balaban J connectivity index is 0. The third-order valence-corrected chi connectivity index (χ3v) is 3.29. The number of rotatable bonds is 13. The number of benzene rings is 1. The van der Waals surface area contributed by atoms with E-state index in [2.05, 4.69) is 5.32 Å². The number of hydrogen-bond acceptors (Lipinski definition) is 8. The number of ether oxygens (including phenoxy) is 3. The Morgan fingerprint density at radius 1 is 1.13 bits per heavy atom. The van der Waals surface area contributed by atoms with Crippen LogP contribution in [-0.4, -0.2) is 72.7 Å². The molecular formula is C22H37NO8. The van der Waals surface area contributed by atoms with Crippen LogP contribution in [0, 0.1) is 0 Å². The molecule has 0 amide bonds. The molecule has 0 bridgehead atoms. The van der Waals surface area contributed by atoms with E-state index in [0.717, 1.165) is 11.3 Å². The summed E-state index contributed by atoms with van der Waals surface area (Å²) < 4.78 is 16.5. The fraction of sp³-hybridized carbons (Fsp3) is 0.545. The van der Waals surface area contributed by atoms with Crippen LogP contribution in [0.2, 0.25) is 0 Å². The van der Waals surface area contributed by atoms with Crippen molar-refractivity contribution in [3.63, 3.8) is 0 Å². The maximum atomic E-state index is 9.80. The molecule has 1 aromatic rings. The average Bonchev–Trinajstić information content (AvgIpc) is 2.73. The molecular weight excluding hydrogens is 406 g/mol. The first-order valence-corrected chi connectivity index (χ1v) is 9.89. The summed E-state index contributed by atoms with van der Waals surface area (Å²) in [7, 11) is 0. The molecule has 4 N–H and O–H groups in total. The summed E-state index contributed by atoms with van der Waals surface area (Å²) in [6.07, 6.45) is 0.838. The van der Waals surface area contributed by atoms with Crippen molar-refractivity contribution in [3.8, 4) is 5.75 Å². The molecule has 0 radical (unpaired) electrons. The number of nitrogens with one attached hydrogen (secondary N) is 1. The SMILES string of the molecule is C=O.CC(C)NCC(O)COc1ccc(COCCOC(C)C)cc1.O=C(O)/C=C/O. The predicted molar refractivity (Wildman–Crippen MR) is 118 cm³/mol. The molecule has 0 heterocycles. The molecule has 9 nitrogen and oxygen atoms in total. The fourth-order valence-electron chi connectivity index (χ4n) is 1.90. The number of aliphatic hydroxyl groups excluding tert-OH is 2. The number of hydrogen-bond donors (Lipinski definition) is 4. The van der Waals surface area contributed by atoms with Gasteiger partial charge in [-0.2, -0.15) is 0 Å². The lowest BCUT2D eigenvalue weighted by Crippen LogP contribution is -2.35. The largest absolute Gasteiger partial charge is 0.515 e. The highest BCUT2D eigenvalue weighted by atomic mass is 16.5. The van der Waals surface area contributed by atoms with Crippen molar-refractivity contribution in [2.45, 2.75) is 52.6 Å². The quantitative estimate of drug-likeness (QED) is 0.206. The highest BCUT2D eigenvalue weighted by molar-refractivity contribution is 5.79. The first-order chi connectivity index (χ1) is 14.7. The number of carboxylic acids is 1. The number of aliphatic hydroxyl groups is 2. The Morgan fingerprint density at radius 3 is 2.19 bits per heavy atom. The summed E-state index contributed by atoms with van der Waals surface area (Å²) in [6.45, 7) is 12.7. The number of aliphatic carboxylic acids is 1. The van der Waals surface area contributed by atoms with E-state index >= 15 is 0 Å². The zero-order valence-corrected chi connectivity index (χ0v) is 18.8. The van der Waals surface area contributed by atoms with Crippen LogP contribution in [0.15, 0.2) is 36.6 Å². The number of carbonyl (C=O) groups excluding carboxylic acids is 1. The Hall–Kier alpha value is -2.46. The molecule has 0 saturated carbocycles. The lowest BCUT2D eigenvalue weighted by molar-refractivity contribution is -0.131. The third kappa shape index (κ3) is 22.1. The molecule has 0 fully saturated rings. The summed E-state index contributed by atoms with van der Waals surface area (Å²) in [5.41, 5.74) is 1.09. The topological polar surface area (TPSA) is 135 Å². The standard InChI is InChI=1S/C18H31NO4.C3H4O3.CH2O/c1-14(2)19-11-17(20)13-23-18-7-5-16(6-8-18)12-21-9-10-22-15(3)4;4-2-1-3(5)6;1-2/h5-8,14-15,17,19-20H,9-13H2,1-4H3;1-2,4H,(H,5,6);1H2/b;2-1+;. The minimum atomic E-state index is -1.14. The predicted octanol–water partition coefficient (Wildman–Crippen LogP) is 2.32. The van der Waals surface area contributed by atoms with Gasteiger partial charge in [0.05, 0.1) is 38.3 Å². The molecule has 1 aromatic carbocycles. The van der Waals surface area contributed by atoms with Gasteiger partial charge in [0, 0.05) is 12.6 Å². The molecule has 0 saturated heterocycles. The van der Waals surface area contributed by atoms with Gasteiger partial charge in [-0.3, -0.25) is 0 Å². The summed E-state index contributed by atoms with van der Waals surface area (Å²) in [5, 5.41) is 28.3. The van der Waals surface area contributed by atoms with Gasteiger partial charge in [-0.15, -0.1) is 0 Å². The van der Waals surface area contributed by atoms with E-state index in [1.54, 1.807) is 0 Å². The molecule has 0 aliphatic rings. The second-order valence-electron chi connectivity index (χ2n) is 6.80. The van der Waals surface area contributed by atoms with Crippen LogP contribution >= 0.6 is 0 Å². The van der Waals surface area contributed by atoms with Gasteiger partial charge in [0.2, 0.25) is 0 Å². The maximum Gasteiger partial charge on any atom is 0.331 e. The maximum absolute atomic E-state index is 9.80. The summed E-state index contributed by atoms with van der Waals surface area (Å²) in [6, 6.07) is 8.09. The van der Waals surface area contributed by atoms with Crippen LogP contribution in [0.3, 0.4) is 0 Å².